The van der Waals surface area contributed by atoms with E-state index in [1.165, 1.54) is 11.3 Å². The summed E-state index contributed by atoms with van der Waals surface area (Å²) in [6.45, 7) is 1.97. The Morgan fingerprint density at radius 3 is 2.90 bits per heavy atom. The Balaban J connectivity index is 3.08. The Bertz CT molecular complexity index is 240. The van der Waals surface area contributed by atoms with E-state index in [4.69, 9.17) is 5.84 Å². The lowest BCUT2D eigenvalue weighted by molar-refractivity contribution is 1.14. The van der Waals surface area contributed by atoms with E-state index in [9.17, 15) is 4.79 Å². The van der Waals surface area contributed by atoms with Gasteiger partial charge in [0, 0.05) is 0 Å². The molecule has 1 aromatic rings. The molecule has 0 aliphatic rings. The zero-order valence-corrected chi connectivity index (χ0v) is 6.42. The van der Waals surface area contributed by atoms with Gasteiger partial charge in [-0.2, -0.15) is 0 Å². The summed E-state index contributed by atoms with van der Waals surface area (Å²) in [6, 6.07) is 0. The maximum absolute atomic E-state index is 10.7. The molecule has 10 heavy (non-hydrogen) atoms. The highest BCUT2D eigenvalue weighted by molar-refractivity contribution is 7.09. The fourth-order valence-corrected chi connectivity index (χ4v) is 1.46. The lowest BCUT2D eigenvalue weighted by atomic mass is 10.4. The highest BCUT2D eigenvalue weighted by Gasteiger charge is 2.02. The third-order valence-corrected chi connectivity index (χ3v) is 2.21. The molecule has 0 saturated heterocycles. The van der Waals surface area contributed by atoms with Gasteiger partial charge in [-0.05, 0) is 6.42 Å². The summed E-state index contributed by atoms with van der Waals surface area (Å²) >= 11 is 1.19. The Kier molecular flexibility index (Phi) is 2.08. The van der Waals surface area contributed by atoms with E-state index in [1.807, 2.05) is 6.92 Å². The summed E-state index contributed by atoms with van der Waals surface area (Å²) in [5, 5.41) is 0. The van der Waals surface area contributed by atoms with Gasteiger partial charge in [0.1, 0.15) is 5.82 Å². The average Bonchev–Trinajstić information content (AvgIpc) is 2.30. The number of anilines is 1. The highest BCUT2D eigenvalue weighted by Crippen LogP contribution is 2.13. The molecule has 5 heteroatoms. The zero-order chi connectivity index (χ0) is 7.56. The molecule has 4 nitrogen and oxygen atoms in total. The van der Waals surface area contributed by atoms with Crippen LogP contribution in [0.3, 0.4) is 0 Å². The Morgan fingerprint density at radius 1 is 1.80 bits per heavy atom. The van der Waals surface area contributed by atoms with Crippen molar-refractivity contribution in [3.05, 3.63) is 14.5 Å². The largest absolute Gasteiger partial charge is 0.309 e. The van der Waals surface area contributed by atoms with E-state index in [0.29, 0.717) is 5.82 Å². The van der Waals surface area contributed by atoms with Gasteiger partial charge >= 0.3 is 4.87 Å². The predicted octanol–water partition coefficient (Wildman–Crippen LogP) is 0.284. The molecule has 1 heterocycles. The first-order valence-electron chi connectivity index (χ1n) is 2.96. The summed E-state index contributed by atoms with van der Waals surface area (Å²) in [6.07, 6.45) is 0.822. The molecule has 1 rings (SSSR count). The van der Waals surface area contributed by atoms with Crippen molar-refractivity contribution in [3.63, 3.8) is 0 Å². The van der Waals surface area contributed by atoms with Gasteiger partial charge in [0.15, 0.2) is 0 Å². The number of nitrogens with two attached hydrogens (primary N) is 1. The third-order valence-electron chi connectivity index (χ3n) is 1.19. The maximum atomic E-state index is 10.7. The van der Waals surface area contributed by atoms with Crippen LogP contribution in [-0.4, -0.2) is 4.98 Å². The van der Waals surface area contributed by atoms with Gasteiger partial charge in [0.2, 0.25) is 0 Å². The van der Waals surface area contributed by atoms with Crippen molar-refractivity contribution in [2.24, 2.45) is 5.84 Å². The first-order valence-corrected chi connectivity index (χ1v) is 3.78. The van der Waals surface area contributed by atoms with E-state index >= 15 is 0 Å². The van der Waals surface area contributed by atoms with Crippen LogP contribution in [0.25, 0.3) is 0 Å². The smallest absolute Gasteiger partial charge is 0.306 e. The molecule has 0 amide bonds. The number of hydrazine groups is 1. The molecule has 0 unspecified atom stereocenters. The predicted molar refractivity (Wildman–Crippen MR) is 42.1 cm³/mol. The van der Waals surface area contributed by atoms with Crippen LogP contribution in [0.5, 0.6) is 0 Å². The number of rotatable bonds is 2. The van der Waals surface area contributed by atoms with E-state index < -0.39 is 0 Å². The van der Waals surface area contributed by atoms with Gasteiger partial charge < -0.3 is 5.43 Å². The van der Waals surface area contributed by atoms with Crippen LogP contribution in [0.1, 0.15) is 11.8 Å². The second kappa shape index (κ2) is 2.85. The standard InChI is InChI=1S/C5H9N3OS/c1-2-3-4(8-6)7-5(9)10-3/h8H,2,6H2,1H3,(H,7,9). The van der Waals surface area contributed by atoms with Crippen LogP contribution < -0.4 is 16.1 Å². The molecule has 4 N–H and O–H groups in total. The molecule has 1 aromatic heterocycles. The van der Waals surface area contributed by atoms with E-state index in [2.05, 4.69) is 10.4 Å². The second-order valence-electron chi connectivity index (χ2n) is 1.81. The van der Waals surface area contributed by atoms with Crippen molar-refractivity contribution in [2.75, 3.05) is 5.43 Å². The number of hydrogen-bond acceptors (Lipinski definition) is 4. The van der Waals surface area contributed by atoms with E-state index in [-0.39, 0.29) is 4.87 Å². The SMILES string of the molecule is CCc1sc(=O)[nH]c1NN. The molecular weight excluding hydrogens is 150 g/mol. The first-order chi connectivity index (χ1) is 4.77. The third kappa shape index (κ3) is 1.19. The van der Waals surface area contributed by atoms with Crippen molar-refractivity contribution >= 4 is 17.2 Å². The lowest BCUT2D eigenvalue weighted by Crippen LogP contribution is -2.09. The minimum Gasteiger partial charge on any atom is -0.309 e. The van der Waals surface area contributed by atoms with Crippen LogP contribution >= 0.6 is 11.3 Å². The number of nitrogen functional groups attached to an aromatic ring is 1. The summed E-state index contributed by atoms with van der Waals surface area (Å²) < 4.78 is 0. The molecule has 0 radical (unpaired) electrons. The molecule has 0 fully saturated rings. The lowest BCUT2D eigenvalue weighted by Gasteiger charge is -1.95. The van der Waals surface area contributed by atoms with Gasteiger partial charge in [0.25, 0.3) is 0 Å². The van der Waals surface area contributed by atoms with E-state index in [1.54, 1.807) is 0 Å². The maximum Gasteiger partial charge on any atom is 0.306 e. The molecule has 0 atom stereocenters. The average molecular weight is 159 g/mol. The van der Waals surface area contributed by atoms with Crippen LogP contribution in [0.15, 0.2) is 4.79 Å². The van der Waals surface area contributed by atoms with E-state index in [0.717, 1.165) is 11.3 Å². The van der Waals surface area contributed by atoms with Crippen LogP contribution in [0.4, 0.5) is 5.82 Å². The Morgan fingerprint density at radius 2 is 2.50 bits per heavy atom. The number of thiazole rings is 1. The number of H-pyrrole nitrogens is 1. The summed E-state index contributed by atoms with van der Waals surface area (Å²) in [5.41, 5.74) is 2.42. The molecule has 0 aromatic carbocycles. The van der Waals surface area contributed by atoms with Crippen molar-refractivity contribution in [1.82, 2.24) is 4.98 Å². The normalized spacial score (nSPS) is 9.80. The van der Waals surface area contributed by atoms with Gasteiger partial charge in [-0.25, -0.2) is 5.84 Å². The van der Waals surface area contributed by atoms with Crippen LogP contribution in [0.2, 0.25) is 0 Å². The molecule has 56 valence electrons. The molecule has 0 saturated carbocycles. The Hall–Kier alpha value is -0.810. The number of aromatic amines is 1. The van der Waals surface area contributed by atoms with Gasteiger partial charge in [-0.1, -0.05) is 18.3 Å². The topological polar surface area (TPSA) is 70.9 Å². The fraction of sp³-hybridized carbons (Fsp3) is 0.400. The van der Waals surface area contributed by atoms with Gasteiger partial charge in [-0.3, -0.25) is 9.78 Å². The minimum absolute atomic E-state index is 0.0650. The number of hydrogen-bond donors (Lipinski definition) is 3. The monoisotopic (exact) mass is 159 g/mol. The molecule has 0 bridgehead atoms. The molecular formula is C5H9N3OS. The highest BCUT2D eigenvalue weighted by atomic mass is 32.1. The van der Waals surface area contributed by atoms with Crippen molar-refractivity contribution in [3.8, 4) is 0 Å². The second-order valence-corrected chi connectivity index (χ2v) is 2.88. The summed E-state index contributed by atoms with van der Waals surface area (Å²) in [7, 11) is 0. The quantitative estimate of drug-likeness (QED) is 0.429. The van der Waals surface area contributed by atoms with Gasteiger partial charge in [0.05, 0.1) is 4.88 Å². The zero-order valence-electron chi connectivity index (χ0n) is 5.60. The van der Waals surface area contributed by atoms with Crippen LogP contribution in [-0.2, 0) is 6.42 Å². The summed E-state index contributed by atoms with van der Waals surface area (Å²) in [5.74, 6) is 5.76. The molecule has 0 aliphatic heterocycles. The number of aromatic nitrogens is 1. The number of nitrogens with one attached hydrogen (secondary N) is 2. The van der Waals surface area contributed by atoms with Crippen LogP contribution in [0, 0.1) is 0 Å². The molecule has 0 spiro atoms. The van der Waals surface area contributed by atoms with Crippen molar-refractivity contribution in [1.29, 1.82) is 0 Å². The minimum atomic E-state index is -0.0650. The Labute approximate surface area is 62.0 Å². The molecule has 0 aliphatic carbocycles. The number of aryl methyl sites for hydroxylation is 1. The van der Waals surface area contributed by atoms with Gasteiger partial charge in [-0.15, -0.1) is 0 Å². The van der Waals surface area contributed by atoms with Crippen molar-refractivity contribution in [2.45, 2.75) is 13.3 Å². The fourth-order valence-electron chi connectivity index (χ4n) is 0.726. The first kappa shape index (κ1) is 7.30. The van der Waals surface area contributed by atoms with Crippen molar-refractivity contribution < 1.29 is 0 Å². The summed E-state index contributed by atoms with van der Waals surface area (Å²) in [4.78, 5) is 14.2.